The van der Waals surface area contributed by atoms with Crippen LogP contribution in [0.5, 0.6) is 5.75 Å². The molecule has 0 bridgehead atoms. The summed E-state index contributed by atoms with van der Waals surface area (Å²) < 4.78 is 5.19. The van der Waals surface area contributed by atoms with E-state index < -0.39 is 0 Å². The van der Waals surface area contributed by atoms with Crippen LogP contribution >= 0.6 is 0 Å². The third-order valence-corrected chi connectivity index (χ3v) is 2.67. The maximum absolute atomic E-state index is 11.8. The topological polar surface area (TPSA) is 49.8 Å². The minimum atomic E-state index is -0.118. The van der Waals surface area contributed by atoms with Crippen molar-refractivity contribution in [3.05, 3.63) is 28.8 Å². The molecule has 1 aliphatic rings. The lowest BCUT2D eigenvalue weighted by Gasteiger charge is -2.10. The zero-order valence-corrected chi connectivity index (χ0v) is 8.78. The summed E-state index contributed by atoms with van der Waals surface area (Å²) in [5.74, 6) is 0.460. The summed E-state index contributed by atoms with van der Waals surface area (Å²) in [6.07, 6.45) is 0. The van der Waals surface area contributed by atoms with Crippen molar-refractivity contribution in [3.8, 4) is 5.75 Å². The molecule has 15 heavy (non-hydrogen) atoms. The van der Waals surface area contributed by atoms with Crippen LogP contribution in [0.2, 0.25) is 0 Å². The van der Waals surface area contributed by atoms with Gasteiger partial charge in [0.05, 0.1) is 19.3 Å². The lowest BCUT2D eigenvalue weighted by atomic mass is 10.0. The third-order valence-electron chi connectivity index (χ3n) is 2.67. The number of hydrogen-bond donors (Lipinski definition) is 1. The Hall–Kier alpha value is -1.55. The second-order valence-corrected chi connectivity index (χ2v) is 3.61. The van der Waals surface area contributed by atoms with Crippen molar-refractivity contribution in [1.29, 1.82) is 0 Å². The second kappa shape index (κ2) is 3.55. The van der Waals surface area contributed by atoms with Gasteiger partial charge in [-0.15, -0.1) is 0 Å². The zero-order valence-electron chi connectivity index (χ0n) is 8.78. The molecule has 4 nitrogen and oxygen atoms in total. The summed E-state index contributed by atoms with van der Waals surface area (Å²) >= 11 is 0. The fourth-order valence-corrected chi connectivity index (χ4v) is 1.91. The van der Waals surface area contributed by atoms with Crippen LogP contribution in [0.3, 0.4) is 0 Å². The number of hydrogen-bond acceptors (Lipinski definition) is 3. The normalized spacial score (nSPS) is 14.3. The fourth-order valence-electron chi connectivity index (χ4n) is 1.91. The van der Waals surface area contributed by atoms with Gasteiger partial charge >= 0.3 is 0 Å². The third kappa shape index (κ3) is 1.37. The molecule has 4 heteroatoms. The smallest absolute Gasteiger partial charge is 0.258 e. The molecule has 1 aromatic rings. The lowest BCUT2D eigenvalue weighted by molar-refractivity contribution is 0.0814. The number of benzene rings is 1. The molecule has 0 aliphatic carbocycles. The number of aliphatic hydroxyl groups excluding tert-OH is 1. The van der Waals surface area contributed by atoms with E-state index >= 15 is 0 Å². The molecule has 80 valence electrons. The number of carbonyl (C=O) groups excluding carboxylic acids is 1. The predicted octanol–water partition coefficient (Wildman–Crippen LogP) is 0.773. The van der Waals surface area contributed by atoms with Gasteiger partial charge < -0.3 is 14.7 Å². The van der Waals surface area contributed by atoms with Gasteiger partial charge in [-0.1, -0.05) is 12.1 Å². The molecule has 0 fully saturated rings. The molecular weight excluding hydrogens is 194 g/mol. The summed E-state index contributed by atoms with van der Waals surface area (Å²) in [6, 6.07) is 3.66. The van der Waals surface area contributed by atoms with Crippen molar-refractivity contribution in [2.24, 2.45) is 0 Å². The number of ether oxygens (including phenoxy) is 1. The Labute approximate surface area is 88.1 Å². The van der Waals surface area contributed by atoms with Crippen molar-refractivity contribution in [2.75, 3.05) is 14.2 Å². The Morgan fingerprint density at radius 3 is 2.87 bits per heavy atom. The van der Waals surface area contributed by atoms with Crippen LogP contribution in [-0.4, -0.2) is 30.1 Å². The largest absolute Gasteiger partial charge is 0.496 e. The summed E-state index contributed by atoms with van der Waals surface area (Å²) in [5, 5.41) is 9.13. The van der Waals surface area contributed by atoms with E-state index in [0.29, 0.717) is 23.4 Å². The Morgan fingerprint density at radius 1 is 1.53 bits per heavy atom. The summed E-state index contributed by atoms with van der Waals surface area (Å²) in [5.41, 5.74) is 2.20. The molecule has 2 rings (SSSR count). The molecule has 0 unspecified atom stereocenters. The first-order chi connectivity index (χ1) is 7.19. The number of nitrogens with zero attached hydrogens (tertiary/aromatic N) is 1. The highest BCUT2D eigenvalue weighted by atomic mass is 16.5. The molecule has 1 amide bonds. The van der Waals surface area contributed by atoms with Crippen LogP contribution in [0.1, 0.15) is 21.5 Å². The quantitative estimate of drug-likeness (QED) is 0.779. The van der Waals surface area contributed by atoms with E-state index in [4.69, 9.17) is 9.84 Å². The van der Waals surface area contributed by atoms with Gasteiger partial charge in [0.15, 0.2) is 0 Å². The van der Waals surface area contributed by atoms with E-state index in [2.05, 4.69) is 0 Å². The van der Waals surface area contributed by atoms with Crippen molar-refractivity contribution in [3.63, 3.8) is 0 Å². The van der Waals surface area contributed by atoms with Crippen molar-refractivity contribution in [1.82, 2.24) is 4.90 Å². The van der Waals surface area contributed by atoms with Gasteiger partial charge in [-0.3, -0.25) is 4.79 Å². The van der Waals surface area contributed by atoms with Gasteiger partial charge in [0.1, 0.15) is 5.75 Å². The molecule has 0 aromatic heterocycles. The van der Waals surface area contributed by atoms with Crippen LogP contribution in [-0.2, 0) is 13.2 Å². The van der Waals surface area contributed by atoms with E-state index in [1.54, 1.807) is 18.0 Å². The van der Waals surface area contributed by atoms with Crippen LogP contribution in [0, 0.1) is 0 Å². The number of aliphatic hydroxyl groups is 1. The molecule has 1 heterocycles. The van der Waals surface area contributed by atoms with E-state index in [1.165, 1.54) is 7.11 Å². The van der Waals surface area contributed by atoms with Crippen molar-refractivity contribution in [2.45, 2.75) is 13.2 Å². The predicted molar refractivity (Wildman–Crippen MR) is 54.7 cm³/mol. The standard InChI is InChI=1S/C11H13NO3/c1-12-5-7-3-4-8(6-13)10(15-2)9(7)11(12)14/h3-4,13H,5-6H2,1-2H3. The number of carbonyl (C=O) groups is 1. The summed E-state index contributed by atoms with van der Waals surface area (Å²) in [7, 11) is 3.26. The molecule has 1 aromatic carbocycles. The highest BCUT2D eigenvalue weighted by molar-refractivity contribution is 6.01. The van der Waals surface area contributed by atoms with Crippen LogP contribution in [0.15, 0.2) is 12.1 Å². The number of fused-ring (bicyclic) bond motifs is 1. The molecular formula is C11H13NO3. The molecule has 0 atom stereocenters. The summed E-state index contributed by atoms with van der Waals surface area (Å²) in [6.45, 7) is 0.490. The molecule has 1 N–H and O–H groups in total. The summed E-state index contributed by atoms with van der Waals surface area (Å²) in [4.78, 5) is 13.4. The first-order valence-electron chi connectivity index (χ1n) is 4.74. The minimum Gasteiger partial charge on any atom is -0.496 e. The Bertz CT molecular complexity index is 415. The zero-order chi connectivity index (χ0) is 11.0. The van der Waals surface area contributed by atoms with Crippen LogP contribution in [0.25, 0.3) is 0 Å². The number of methoxy groups -OCH3 is 1. The number of rotatable bonds is 2. The van der Waals surface area contributed by atoms with Crippen molar-refractivity contribution < 1.29 is 14.6 Å². The van der Waals surface area contributed by atoms with Crippen LogP contribution < -0.4 is 4.74 Å². The molecule has 1 aliphatic heterocycles. The van der Waals surface area contributed by atoms with Gasteiger partial charge in [0.25, 0.3) is 5.91 Å². The highest BCUT2D eigenvalue weighted by Crippen LogP contribution is 2.33. The Balaban J connectivity index is 2.61. The molecule has 0 saturated heterocycles. The maximum Gasteiger partial charge on any atom is 0.258 e. The average molecular weight is 207 g/mol. The van der Waals surface area contributed by atoms with Crippen molar-refractivity contribution >= 4 is 5.91 Å². The second-order valence-electron chi connectivity index (χ2n) is 3.61. The molecule has 0 spiro atoms. The molecule has 0 saturated carbocycles. The van der Waals surface area contributed by atoms with E-state index in [0.717, 1.165) is 5.56 Å². The van der Waals surface area contributed by atoms with Gasteiger partial charge in [-0.2, -0.15) is 0 Å². The van der Waals surface area contributed by atoms with E-state index in [9.17, 15) is 4.79 Å². The maximum atomic E-state index is 11.8. The molecule has 0 radical (unpaired) electrons. The van der Waals surface area contributed by atoms with E-state index in [-0.39, 0.29) is 12.5 Å². The Kier molecular flexibility index (Phi) is 2.36. The first kappa shape index (κ1) is 9.98. The van der Waals surface area contributed by atoms with Gasteiger partial charge in [-0.25, -0.2) is 0 Å². The average Bonchev–Trinajstić information content (AvgIpc) is 2.54. The van der Waals surface area contributed by atoms with Gasteiger partial charge in [-0.05, 0) is 5.56 Å². The number of amides is 1. The fraction of sp³-hybridized carbons (Fsp3) is 0.364. The first-order valence-corrected chi connectivity index (χ1v) is 4.74. The monoisotopic (exact) mass is 207 g/mol. The minimum absolute atomic E-state index is 0.0443. The SMILES string of the molecule is COc1c(CO)ccc2c1C(=O)N(C)C2. The lowest BCUT2D eigenvalue weighted by Crippen LogP contribution is -2.18. The van der Waals surface area contributed by atoms with Crippen LogP contribution in [0.4, 0.5) is 0 Å². The van der Waals surface area contributed by atoms with E-state index in [1.807, 2.05) is 6.07 Å². The van der Waals surface area contributed by atoms with Gasteiger partial charge in [0, 0.05) is 19.2 Å². The highest BCUT2D eigenvalue weighted by Gasteiger charge is 2.29. The van der Waals surface area contributed by atoms with Gasteiger partial charge in [0.2, 0.25) is 0 Å². The Morgan fingerprint density at radius 2 is 2.27 bits per heavy atom.